The molecule has 1 saturated heterocycles. The smallest absolute Gasteiger partial charge is 0.399 e. The van der Waals surface area contributed by atoms with E-state index in [2.05, 4.69) is 51.7 Å². The fourth-order valence-electron chi connectivity index (χ4n) is 2.37. The molecule has 0 saturated carbocycles. The topological polar surface area (TPSA) is 30.9 Å². The van der Waals surface area contributed by atoms with Gasteiger partial charge in [0, 0.05) is 24.8 Å². The van der Waals surface area contributed by atoms with Crippen LogP contribution in [0.5, 0.6) is 0 Å². The van der Waals surface area contributed by atoms with Crippen LogP contribution in [0.1, 0.15) is 41.5 Å². The van der Waals surface area contributed by atoms with E-state index in [1.165, 1.54) is 5.70 Å². The molecule has 2 rings (SSSR count). The van der Waals surface area contributed by atoms with Crippen LogP contribution in [0.15, 0.2) is 23.3 Å². The molecule has 5 heteroatoms. The summed E-state index contributed by atoms with van der Waals surface area (Å²) in [5, 5.41) is 0. The molecule has 2 aliphatic heterocycles. The lowest BCUT2D eigenvalue weighted by atomic mass is 9.75. The van der Waals surface area contributed by atoms with Crippen molar-refractivity contribution in [2.45, 2.75) is 59.0 Å². The van der Waals surface area contributed by atoms with Crippen molar-refractivity contribution in [3.63, 3.8) is 0 Å². The van der Waals surface area contributed by atoms with Crippen LogP contribution in [0.25, 0.3) is 0 Å². The van der Waals surface area contributed by atoms with Crippen LogP contribution >= 0.6 is 0 Å². The molecule has 0 aromatic heterocycles. The molecular formula is C15H26BNO3. The third-order valence-electron chi connectivity index (χ3n) is 4.56. The predicted molar refractivity (Wildman–Crippen MR) is 81.1 cm³/mol. The van der Waals surface area contributed by atoms with Gasteiger partial charge in [0.05, 0.1) is 11.2 Å². The lowest BCUT2D eigenvalue weighted by Crippen LogP contribution is -2.42. The molecule has 0 N–H and O–H groups in total. The Morgan fingerprint density at radius 2 is 1.75 bits per heavy atom. The Balaban J connectivity index is 2.27. The normalized spacial score (nSPS) is 28.4. The molecule has 0 spiro atoms. The number of rotatable bonds is 3. The quantitative estimate of drug-likeness (QED) is 0.743. The van der Waals surface area contributed by atoms with Gasteiger partial charge in [0.2, 0.25) is 0 Å². The van der Waals surface area contributed by atoms with Gasteiger partial charge in [-0.2, -0.15) is 0 Å². The number of ether oxygens (including phenoxy) is 1. The Hall–Kier alpha value is -0.775. The molecule has 4 nitrogen and oxygen atoms in total. The molecule has 1 atom stereocenters. The van der Waals surface area contributed by atoms with Crippen molar-refractivity contribution in [3.8, 4) is 0 Å². The van der Waals surface area contributed by atoms with Gasteiger partial charge < -0.3 is 18.9 Å². The van der Waals surface area contributed by atoms with Crippen molar-refractivity contribution in [1.29, 1.82) is 0 Å². The molecule has 0 amide bonds. The van der Waals surface area contributed by atoms with Gasteiger partial charge in [0.25, 0.3) is 0 Å². The van der Waals surface area contributed by atoms with E-state index in [0.29, 0.717) is 6.61 Å². The monoisotopic (exact) mass is 279 g/mol. The summed E-state index contributed by atoms with van der Waals surface area (Å²) in [5.41, 5.74) is 1.54. The first kappa shape index (κ1) is 15.6. The SMILES string of the molecule is CCOC1C(B2OC(C)(C)C(C)(C)O2)=CC=C(C)N1C. The van der Waals surface area contributed by atoms with E-state index in [1.54, 1.807) is 0 Å². The number of nitrogens with zero attached hydrogens (tertiary/aromatic N) is 1. The molecule has 2 aliphatic rings. The minimum atomic E-state index is -0.358. The van der Waals surface area contributed by atoms with E-state index < -0.39 is 0 Å². The zero-order valence-corrected chi connectivity index (χ0v) is 13.7. The summed E-state index contributed by atoms with van der Waals surface area (Å²) in [6.07, 6.45) is 4.02. The predicted octanol–water partition coefficient (Wildman–Crippen LogP) is 2.76. The first-order valence-electron chi connectivity index (χ1n) is 7.28. The van der Waals surface area contributed by atoms with Crippen LogP contribution in [0.3, 0.4) is 0 Å². The largest absolute Gasteiger partial charge is 0.495 e. The number of allylic oxidation sites excluding steroid dienone is 3. The van der Waals surface area contributed by atoms with Gasteiger partial charge in [0.1, 0.15) is 6.23 Å². The third-order valence-corrected chi connectivity index (χ3v) is 4.56. The molecule has 20 heavy (non-hydrogen) atoms. The highest BCUT2D eigenvalue weighted by molar-refractivity contribution is 6.55. The molecule has 1 unspecified atom stereocenters. The summed E-state index contributed by atoms with van der Waals surface area (Å²) in [6, 6.07) is 0. The van der Waals surface area contributed by atoms with E-state index >= 15 is 0 Å². The van der Waals surface area contributed by atoms with E-state index in [0.717, 1.165) is 5.47 Å². The summed E-state index contributed by atoms with van der Waals surface area (Å²) in [6.45, 7) is 13.0. The Morgan fingerprint density at radius 1 is 1.20 bits per heavy atom. The standard InChI is InChI=1S/C15H26BNO3/c1-8-18-13-12(10-9-11(2)17(13)7)16-19-14(3,4)15(5,6)20-16/h9-10,13H,8H2,1-7H3. The van der Waals surface area contributed by atoms with Gasteiger partial charge in [-0.1, -0.05) is 6.08 Å². The molecule has 112 valence electrons. The fourth-order valence-corrected chi connectivity index (χ4v) is 2.37. The number of likely N-dealkylation sites (N-methyl/N-ethyl adjacent to an activating group) is 1. The van der Waals surface area contributed by atoms with Crippen LogP contribution < -0.4 is 0 Å². The second-order valence-corrected chi connectivity index (χ2v) is 6.48. The summed E-state index contributed by atoms with van der Waals surface area (Å²) in [4.78, 5) is 2.11. The first-order valence-corrected chi connectivity index (χ1v) is 7.28. The Labute approximate surface area is 122 Å². The second kappa shape index (κ2) is 5.21. The van der Waals surface area contributed by atoms with Crippen LogP contribution in [-0.4, -0.2) is 43.1 Å². The zero-order valence-electron chi connectivity index (χ0n) is 13.7. The molecule has 0 bridgehead atoms. The van der Waals surface area contributed by atoms with Crippen LogP contribution in [0, 0.1) is 0 Å². The van der Waals surface area contributed by atoms with E-state index in [9.17, 15) is 0 Å². The molecule has 0 aliphatic carbocycles. The maximum Gasteiger partial charge on any atom is 0.495 e. The van der Waals surface area contributed by atoms with Crippen LogP contribution in [0.2, 0.25) is 0 Å². The van der Waals surface area contributed by atoms with Crippen molar-refractivity contribution in [2.75, 3.05) is 13.7 Å². The van der Waals surface area contributed by atoms with E-state index in [-0.39, 0.29) is 24.5 Å². The zero-order chi connectivity index (χ0) is 15.1. The van der Waals surface area contributed by atoms with Gasteiger partial charge in [0.15, 0.2) is 0 Å². The molecule has 0 radical (unpaired) electrons. The molecule has 0 aromatic carbocycles. The molecular weight excluding hydrogens is 253 g/mol. The lowest BCUT2D eigenvalue weighted by molar-refractivity contribution is 0.000767. The minimum Gasteiger partial charge on any atom is -0.399 e. The second-order valence-electron chi connectivity index (χ2n) is 6.48. The van der Waals surface area contributed by atoms with Gasteiger partial charge in [-0.25, -0.2) is 0 Å². The number of hydrogen-bond acceptors (Lipinski definition) is 4. The summed E-state index contributed by atoms with van der Waals surface area (Å²) >= 11 is 0. The average Bonchev–Trinajstić information content (AvgIpc) is 2.55. The van der Waals surface area contributed by atoms with Crippen LogP contribution in [-0.2, 0) is 14.0 Å². The van der Waals surface area contributed by atoms with Crippen molar-refractivity contribution in [2.24, 2.45) is 0 Å². The highest BCUT2D eigenvalue weighted by atomic mass is 16.7. The van der Waals surface area contributed by atoms with Gasteiger partial charge in [-0.05, 0) is 47.6 Å². The van der Waals surface area contributed by atoms with E-state index in [1.807, 2.05) is 14.0 Å². The van der Waals surface area contributed by atoms with Crippen molar-refractivity contribution < 1.29 is 14.0 Å². The maximum atomic E-state index is 6.14. The minimum absolute atomic E-state index is 0.125. The van der Waals surface area contributed by atoms with Crippen LogP contribution in [0.4, 0.5) is 0 Å². The average molecular weight is 279 g/mol. The van der Waals surface area contributed by atoms with Crippen molar-refractivity contribution in [3.05, 3.63) is 23.3 Å². The molecule has 0 aromatic rings. The fraction of sp³-hybridized carbons (Fsp3) is 0.733. The molecule has 2 heterocycles. The molecule has 1 fully saturated rings. The van der Waals surface area contributed by atoms with E-state index in [4.69, 9.17) is 14.0 Å². The number of hydrogen-bond donors (Lipinski definition) is 0. The highest BCUT2D eigenvalue weighted by Gasteiger charge is 2.54. The Morgan fingerprint density at radius 3 is 2.25 bits per heavy atom. The lowest BCUT2D eigenvalue weighted by Gasteiger charge is -2.35. The summed E-state index contributed by atoms with van der Waals surface area (Å²) in [5.74, 6) is 0. The highest BCUT2D eigenvalue weighted by Crippen LogP contribution is 2.40. The Kier molecular flexibility index (Phi) is 4.06. The Bertz CT molecular complexity index is 426. The van der Waals surface area contributed by atoms with Gasteiger partial charge >= 0.3 is 7.12 Å². The summed E-state index contributed by atoms with van der Waals surface area (Å²) in [7, 11) is 1.67. The third kappa shape index (κ3) is 2.54. The van der Waals surface area contributed by atoms with Gasteiger partial charge in [-0.3, -0.25) is 0 Å². The van der Waals surface area contributed by atoms with Crippen molar-refractivity contribution in [1.82, 2.24) is 4.90 Å². The first-order chi connectivity index (χ1) is 9.19. The summed E-state index contributed by atoms with van der Waals surface area (Å²) < 4.78 is 18.2. The maximum absolute atomic E-state index is 6.14. The van der Waals surface area contributed by atoms with Gasteiger partial charge in [-0.15, -0.1) is 0 Å². The van der Waals surface area contributed by atoms with Crippen molar-refractivity contribution >= 4 is 7.12 Å².